The minimum Gasteiger partial charge on any atom is -0.492 e. The Morgan fingerprint density at radius 3 is 3.03 bits per heavy atom. The maximum absolute atomic E-state index is 12.7. The number of amides is 1. The molecular formula is C21H26N6O2. The van der Waals surface area contributed by atoms with E-state index >= 15 is 0 Å². The Bertz CT molecular complexity index is 1000. The van der Waals surface area contributed by atoms with Gasteiger partial charge in [-0.15, -0.1) is 0 Å². The van der Waals surface area contributed by atoms with Crippen molar-refractivity contribution in [3.63, 3.8) is 0 Å². The zero-order valence-electron chi connectivity index (χ0n) is 16.8. The lowest BCUT2D eigenvalue weighted by atomic mass is 10.1. The Kier molecular flexibility index (Phi) is 5.62. The minimum absolute atomic E-state index is 0.131. The van der Waals surface area contributed by atoms with Gasteiger partial charge in [-0.05, 0) is 37.9 Å². The molecule has 1 aromatic carbocycles. The number of carbonyl (C=O) groups excluding carboxylic acids is 1. The second-order valence-corrected chi connectivity index (χ2v) is 7.38. The Morgan fingerprint density at radius 2 is 2.17 bits per heavy atom. The van der Waals surface area contributed by atoms with Crippen LogP contribution in [0.25, 0.3) is 16.8 Å². The normalized spacial score (nSPS) is 14.5. The molecule has 152 valence electrons. The highest BCUT2D eigenvalue weighted by Crippen LogP contribution is 2.27. The molecule has 8 nitrogen and oxygen atoms in total. The molecule has 1 amide bonds. The molecule has 3 heterocycles. The molecule has 1 aliphatic rings. The van der Waals surface area contributed by atoms with Gasteiger partial charge in [-0.25, -0.2) is 9.50 Å². The SMILES string of the molecule is CN(C)CCC(=O)N1CCNc2ccn3ncc(c3n2)-c2cccc(c2)OCC1. The molecule has 1 aliphatic heterocycles. The Hall–Kier alpha value is -3.13. The monoisotopic (exact) mass is 394 g/mol. The summed E-state index contributed by atoms with van der Waals surface area (Å²) in [5.74, 6) is 1.67. The van der Waals surface area contributed by atoms with Crippen LogP contribution in [0.1, 0.15) is 6.42 Å². The average Bonchev–Trinajstić information content (AvgIpc) is 3.14. The minimum atomic E-state index is 0.131. The molecule has 0 fully saturated rings. The first-order valence-electron chi connectivity index (χ1n) is 9.84. The predicted molar refractivity (Wildman–Crippen MR) is 112 cm³/mol. The van der Waals surface area contributed by atoms with E-state index in [1.807, 2.05) is 66.6 Å². The van der Waals surface area contributed by atoms with Gasteiger partial charge in [0.1, 0.15) is 18.2 Å². The third-order valence-electron chi connectivity index (χ3n) is 4.96. The number of hydrogen-bond acceptors (Lipinski definition) is 6. The largest absolute Gasteiger partial charge is 0.492 e. The van der Waals surface area contributed by atoms with Crippen LogP contribution in [0.2, 0.25) is 0 Å². The van der Waals surface area contributed by atoms with Gasteiger partial charge in [0.15, 0.2) is 5.65 Å². The van der Waals surface area contributed by atoms with E-state index in [1.165, 1.54) is 0 Å². The van der Waals surface area contributed by atoms with Crippen molar-refractivity contribution in [2.45, 2.75) is 6.42 Å². The van der Waals surface area contributed by atoms with Crippen molar-refractivity contribution in [3.8, 4) is 16.9 Å². The van der Waals surface area contributed by atoms with Crippen molar-refractivity contribution in [1.29, 1.82) is 0 Å². The summed E-state index contributed by atoms with van der Waals surface area (Å²) >= 11 is 0. The van der Waals surface area contributed by atoms with Crippen molar-refractivity contribution in [1.82, 2.24) is 24.4 Å². The van der Waals surface area contributed by atoms with Gasteiger partial charge in [0.25, 0.3) is 0 Å². The first kappa shape index (κ1) is 19.2. The van der Waals surface area contributed by atoms with Gasteiger partial charge in [-0.2, -0.15) is 5.10 Å². The lowest BCUT2D eigenvalue weighted by molar-refractivity contribution is -0.131. The smallest absolute Gasteiger partial charge is 0.224 e. The summed E-state index contributed by atoms with van der Waals surface area (Å²) < 4.78 is 7.71. The average molecular weight is 394 g/mol. The number of rotatable bonds is 3. The highest BCUT2D eigenvalue weighted by Gasteiger charge is 2.15. The van der Waals surface area contributed by atoms with Crippen LogP contribution in [-0.2, 0) is 4.79 Å². The Labute approximate surface area is 170 Å². The van der Waals surface area contributed by atoms with E-state index in [0.29, 0.717) is 32.7 Å². The van der Waals surface area contributed by atoms with Gasteiger partial charge in [0, 0.05) is 37.8 Å². The summed E-state index contributed by atoms with van der Waals surface area (Å²) in [6.45, 7) is 2.93. The Morgan fingerprint density at radius 1 is 1.28 bits per heavy atom. The zero-order valence-corrected chi connectivity index (χ0v) is 16.8. The van der Waals surface area contributed by atoms with Gasteiger partial charge < -0.3 is 19.9 Å². The second-order valence-electron chi connectivity index (χ2n) is 7.38. The number of ether oxygens (including phenoxy) is 1. The molecule has 29 heavy (non-hydrogen) atoms. The van der Waals surface area contributed by atoms with Crippen molar-refractivity contribution < 1.29 is 9.53 Å². The van der Waals surface area contributed by atoms with E-state index < -0.39 is 0 Å². The molecule has 0 radical (unpaired) electrons. The number of nitrogens with zero attached hydrogens (tertiary/aromatic N) is 5. The van der Waals surface area contributed by atoms with E-state index in [9.17, 15) is 4.79 Å². The number of benzene rings is 1. The third kappa shape index (κ3) is 4.48. The highest BCUT2D eigenvalue weighted by atomic mass is 16.5. The second kappa shape index (κ2) is 8.48. The van der Waals surface area contributed by atoms with Crippen LogP contribution in [-0.4, -0.2) is 77.2 Å². The molecule has 1 N–H and O–H groups in total. The standard InChI is InChI=1S/C21H26N6O2/c1-25(2)9-7-20(28)26-11-8-22-19-6-10-27-21(24-19)18(15-23-27)16-4-3-5-17(14-16)29-13-12-26/h3-6,10,14-15H,7-9,11-13H2,1-2H3,(H,22,24). The quantitative estimate of drug-likeness (QED) is 0.732. The first-order valence-corrected chi connectivity index (χ1v) is 9.84. The van der Waals surface area contributed by atoms with Crippen molar-refractivity contribution in [2.24, 2.45) is 0 Å². The van der Waals surface area contributed by atoms with E-state index in [4.69, 9.17) is 9.72 Å². The van der Waals surface area contributed by atoms with Gasteiger partial charge in [0.2, 0.25) is 5.91 Å². The molecule has 0 saturated carbocycles. The maximum Gasteiger partial charge on any atom is 0.224 e. The summed E-state index contributed by atoms with van der Waals surface area (Å²) in [4.78, 5) is 21.3. The molecule has 3 aromatic rings. The van der Waals surface area contributed by atoms with E-state index in [1.54, 1.807) is 4.52 Å². The number of nitrogens with one attached hydrogen (secondary N) is 1. The third-order valence-corrected chi connectivity index (χ3v) is 4.96. The topological polar surface area (TPSA) is 75.0 Å². The molecule has 0 aliphatic carbocycles. The molecule has 0 unspecified atom stereocenters. The lowest BCUT2D eigenvalue weighted by Gasteiger charge is -2.24. The molecule has 4 bridgehead atoms. The summed E-state index contributed by atoms with van der Waals surface area (Å²) in [7, 11) is 3.94. The number of aromatic nitrogens is 3. The van der Waals surface area contributed by atoms with Crippen molar-refractivity contribution in [3.05, 3.63) is 42.7 Å². The summed E-state index contributed by atoms with van der Waals surface area (Å²) in [6, 6.07) is 9.80. The van der Waals surface area contributed by atoms with Crippen LogP contribution in [0, 0.1) is 0 Å². The molecule has 0 spiro atoms. The van der Waals surface area contributed by atoms with Crippen molar-refractivity contribution in [2.75, 3.05) is 52.2 Å². The van der Waals surface area contributed by atoms with E-state index in [0.717, 1.165) is 34.9 Å². The predicted octanol–water partition coefficient (Wildman–Crippen LogP) is 1.98. The van der Waals surface area contributed by atoms with Crippen LogP contribution >= 0.6 is 0 Å². The fraction of sp³-hybridized carbons (Fsp3) is 0.381. The Balaban J connectivity index is 1.61. The van der Waals surface area contributed by atoms with Crippen LogP contribution in [0.15, 0.2) is 42.7 Å². The number of hydrogen-bond donors (Lipinski definition) is 1. The zero-order chi connectivity index (χ0) is 20.2. The van der Waals surface area contributed by atoms with Gasteiger partial charge in [-0.3, -0.25) is 4.79 Å². The maximum atomic E-state index is 12.7. The number of anilines is 1. The van der Waals surface area contributed by atoms with E-state index in [2.05, 4.69) is 10.4 Å². The first-order chi connectivity index (χ1) is 14.1. The molecule has 0 saturated heterocycles. The molecule has 8 heteroatoms. The van der Waals surface area contributed by atoms with Gasteiger partial charge >= 0.3 is 0 Å². The summed E-state index contributed by atoms with van der Waals surface area (Å²) in [5, 5.41) is 7.74. The van der Waals surface area contributed by atoms with Gasteiger partial charge in [0.05, 0.1) is 12.7 Å². The van der Waals surface area contributed by atoms with E-state index in [-0.39, 0.29) is 5.91 Å². The summed E-state index contributed by atoms with van der Waals surface area (Å²) in [5.41, 5.74) is 2.73. The van der Waals surface area contributed by atoms with Crippen molar-refractivity contribution >= 4 is 17.4 Å². The number of fused-ring (bicyclic) bond motifs is 4. The number of carbonyl (C=O) groups is 1. The van der Waals surface area contributed by atoms with Crippen LogP contribution in [0.3, 0.4) is 0 Å². The van der Waals surface area contributed by atoms with Crippen LogP contribution in [0.5, 0.6) is 5.75 Å². The summed E-state index contributed by atoms with van der Waals surface area (Å²) in [6.07, 6.45) is 4.20. The molecule has 0 atom stereocenters. The van der Waals surface area contributed by atoms with Crippen LogP contribution < -0.4 is 10.1 Å². The fourth-order valence-electron chi connectivity index (χ4n) is 3.36. The van der Waals surface area contributed by atoms with Gasteiger partial charge in [-0.1, -0.05) is 12.1 Å². The molecule has 4 rings (SSSR count). The molecule has 2 aromatic heterocycles. The highest BCUT2D eigenvalue weighted by molar-refractivity contribution is 5.78. The fourth-order valence-corrected chi connectivity index (χ4v) is 3.36. The van der Waals surface area contributed by atoms with Crippen LogP contribution in [0.4, 0.5) is 5.82 Å². The molecular weight excluding hydrogens is 368 g/mol. The lowest BCUT2D eigenvalue weighted by Crippen LogP contribution is -2.39.